The molecule has 15 nitrogen and oxygen atoms in total. The highest BCUT2D eigenvalue weighted by Crippen LogP contribution is 2.17. The van der Waals surface area contributed by atoms with Gasteiger partial charge in [0.2, 0.25) is 23.6 Å². The molecule has 15 heteroatoms. The summed E-state index contributed by atoms with van der Waals surface area (Å²) in [7, 11) is 0. The number of aliphatic hydroxyl groups is 1. The Hall–Kier alpha value is -5.18. The van der Waals surface area contributed by atoms with Gasteiger partial charge in [-0.05, 0) is 68.2 Å². The minimum Gasteiger partial charge on any atom is -0.492 e. The molecule has 0 aliphatic carbocycles. The molecule has 58 heavy (non-hydrogen) atoms. The number of amides is 5. The normalized spacial score (nSPS) is 15.0. The van der Waals surface area contributed by atoms with E-state index in [0.29, 0.717) is 24.2 Å². The molecule has 5 amide bonds. The van der Waals surface area contributed by atoms with Gasteiger partial charge in [0.25, 0.3) is 0 Å². The quantitative estimate of drug-likeness (QED) is 0.0803. The van der Waals surface area contributed by atoms with Crippen molar-refractivity contribution >= 4 is 35.7 Å². The van der Waals surface area contributed by atoms with E-state index in [1.54, 1.807) is 65.8 Å². The van der Waals surface area contributed by atoms with Crippen molar-refractivity contribution in [2.45, 2.75) is 130 Å². The molecule has 0 radical (unpaired) electrons. The lowest BCUT2D eigenvalue weighted by Gasteiger charge is -2.30. The highest BCUT2D eigenvalue weighted by Gasteiger charge is 2.34. The molecule has 2 rings (SSSR count). The van der Waals surface area contributed by atoms with E-state index in [1.165, 1.54) is 0 Å². The van der Waals surface area contributed by atoms with E-state index in [0.717, 1.165) is 5.56 Å². The molecule has 0 aliphatic heterocycles. The fourth-order valence-corrected chi connectivity index (χ4v) is 5.94. The van der Waals surface area contributed by atoms with E-state index in [9.17, 15) is 39.0 Å². The van der Waals surface area contributed by atoms with Gasteiger partial charge < -0.3 is 46.3 Å². The number of rotatable bonds is 23. The number of nitrogens with one attached hydrogen (secondary N) is 5. The minimum atomic E-state index is -1.40. The van der Waals surface area contributed by atoms with Crippen molar-refractivity contribution in [2.75, 3.05) is 13.2 Å². The average Bonchev–Trinajstić information content (AvgIpc) is 3.15. The molecule has 2 aromatic carbocycles. The molecule has 7 atom stereocenters. The lowest BCUT2D eigenvalue weighted by atomic mass is 9.94. The summed E-state index contributed by atoms with van der Waals surface area (Å²) < 4.78 is 11.0. The first-order valence-corrected chi connectivity index (χ1v) is 20.1. The van der Waals surface area contributed by atoms with Crippen LogP contribution in [-0.2, 0) is 41.6 Å². The predicted octanol–water partition coefficient (Wildman–Crippen LogP) is 3.90. The number of ether oxygens (including phenoxy) is 2. The number of alkyl carbamates (subject to hydrolysis) is 1. The largest absolute Gasteiger partial charge is 0.492 e. The zero-order valence-corrected chi connectivity index (χ0v) is 35.4. The second-order valence-corrected chi connectivity index (χ2v) is 16.1. The molecule has 0 heterocycles. The second-order valence-electron chi connectivity index (χ2n) is 16.1. The Morgan fingerprint density at radius 3 is 1.84 bits per heavy atom. The Balaban J connectivity index is 2.17. The lowest BCUT2D eigenvalue weighted by molar-refractivity contribution is -0.143. The molecular weight excluding hydrogens is 746 g/mol. The van der Waals surface area contributed by atoms with Crippen molar-refractivity contribution in [2.24, 2.45) is 17.8 Å². The van der Waals surface area contributed by atoms with Gasteiger partial charge in [0.1, 0.15) is 36.1 Å². The maximum absolute atomic E-state index is 14.0. The number of carbonyl (C=O) groups excluding carboxylic acids is 5. The number of hydrogen-bond donors (Lipinski definition) is 7. The highest BCUT2D eigenvalue weighted by atomic mass is 16.6. The fraction of sp³-hybridized carbons (Fsp3) is 0.581. The third-order valence-corrected chi connectivity index (χ3v) is 9.64. The Morgan fingerprint density at radius 2 is 1.29 bits per heavy atom. The van der Waals surface area contributed by atoms with E-state index in [1.807, 2.05) is 51.1 Å². The van der Waals surface area contributed by atoms with Crippen LogP contribution in [0.15, 0.2) is 54.6 Å². The van der Waals surface area contributed by atoms with Gasteiger partial charge in [0.15, 0.2) is 0 Å². The first-order chi connectivity index (χ1) is 27.2. The maximum atomic E-state index is 14.0. The highest BCUT2D eigenvalue weighted by molar-refractivity contribution is 5.91. The summed E-state index contributed by atoms with van der Waals surface area (Å²) in [5.74, 6) is -4.02. The first-order valence-electron chi connectivity index (χ1n) is 20.1. The van der Waals surface area contributed by atoms with Gasteiger partial charge in [-0.1, -0.05) is 96.8 Å². The van der Waals surface area contributed by atoms with Crippen LogP contribution in [0.5, 0.6) is 5.75 Å². The summed E-state index contributed by atoms with van der Waals surface area (Å²) in [5.41, 5.74) is 0.792. The van der Waals surface area contributed by atoms with Crippen LogP contribution >= 0.6 is 0 Å². The summed E-state index contributed by atoms with van der Waals surface area (Å²) in [6, 6.07) is 11.9. The van der Waals surface area contributed by atoms with E-state index in [2.05, 4.69) is 26.6 Å². The molecule has 0 bridgehead atoms. The van der Waals surface area contributed by atoms with Crippen LogP contribution in [0.3, 0.4) is 0 Å². The van der Waals surface area contributed by atoms with Gasteiger partial charge >= 0.3 is 12.1 Å². The molecule has 3 unspecified atom stereocenters. The van der Waals surface area contributed by atoms with E-state index < -0.39 is 83.9 Å². The fourth-order valence-electron chi connectivity index (χ4n) is 5.94. The number of benzene rings is 2. The van der Waals surface area contributed by atoms with Gasteiger partial charge in [-0.2, -0.15) is 0 Å². The van der Waals surface area contributed by atoms with Crippen molar-refractivity contribution in [3.63, 3.8) is 0 Å². The Morgan fingerprint density at radius 1 is 0.724 bits per heavy atom. The van der Waals surface area contributed by atoms with Gasteiger partial charge in [0, 0.05) is 0 Å². The van der Waals surface area contributed by atoms with Crippen molar-refractivity contribution in [1.29, 1.82) is 0 Å². The van der Waals surface area contributed by atoms with Crippen LogP contribution in [0.25, 0.3) is 0 Å². The maximum Gasteiger partial charge on any atom is 0.407 e. The van der Waals surface area contributed by atoms with Crippen LogP contribution in [0.1, 0.15) is 92.7 Å². The second kappa shape index (κ2) is 23.9. The van der Waals surface area contributed by atoms with Crippen LogP contribution in [0.4, 0.5) is 4.79 Å². The minimum absolute atomic E-state index is 0.0564. The summed E-state index contributed by atoms with van der Waals surface area (Å²) in [5, 5.41) is 34.6. The van der Waals surface area contributed by atoms with Crippen molar-refractivity contribution < 1.29 is 48.5 Å². The van der Waals surface area contributed by atoms with Crippen LogP contribution in [-0.4, -0.2) is 94.9 Å². The van der Waals surface area contributed by atoms with Crippen LogP contribution in [0, 0.1) is 17.8 Å². The number of carboxylic acid groups (broad SMARTS) is 1. The standard InChI is InChI=1S/C43H65N5O10/c1-10-27(5)37(46-34(50)24-30-18-15-19-31(22-30)57-21-20-44-42(56)58-43(7,8)9)39(52)45-32(23-29-16-13-12-14-17-29)33(49)25-35(51)47-38(28(6)11-2)40(53)48-36(26(3)4)41(54)55/h12-19,22,26-28,32-33,36-38,49H,10-11,20-21,23-25H2,1-9H3,(H,44,56)(H,45,52)(H,46,50)(H,47,51)(H,48,53)(H,54,55)/t27?,28-,32-,33-,36-,37?,38?/m0/s1. The van der Waals surface area contributed by atoms with Gasteiger partial charge in [-0.3, -0.25) is 19.2 Å². The number of hydrogen-bond acceptors (Lipinski definition) is 9. The zero-order chi connectivity index (χ0) is 43.6. The summed E-state index contributed by atoms with van der Waals surface area (Å²) in [6.45, 7) is 16.3. The predicted molar refractivity (Wildman–Crippen MR) is 220 cm³/mol. The Bertz CT molecular complexity index is 1650. The Labute approximate surface area is 342 Å². The molecule has 0 aromatic heterocycles. The van der Waals surface area contributed by atoms with Crippen molar-refractivity contribution in [3.05, 3.63) is 65.7 Å². The SMILES string of the molecule is CCC(C)C(NC(=O)Cc1cccc(OCCNC(=O)OC(C)(C)C)c1)C(=O)N[C@@H](Cc1ccccc1)[C@@H](O)CC(=O)NC(C(=O)N[C@H](C(=O)O)C(C)C)[C@@H](C)CC. The number of carboxylic acids is 1. The smallest absolute Gasteiger partial charge is 0.407 e. The summed E-state index contributed by atoms with van der Waals surface area (Å²) in [4.78, 5) is 77.6. The molecule has 7 N–H and O–H groups in total. The molecular formula is C43H65N5O10. The van der Waals surface area contributed by atoms with Crippen molar-refractivity contribution in [1.82, 2.24) is 26.6 Å². The van der Waals surface area contributed by atoms with Crippen molar-refractivity contribution in [3.8, 4) is 5.75 Å². The monoisotopic (exact) mass is 811 g/mol. The summed E-state index contributed by atoms with van der Waals surface area (Å²) >= 11 is 0. The summed E-state index contributed by atoms with van der Waals surface area (Å²) in [6.07, 6.45) is -1.27. The van der Waals surface area contributed by atoms with E-state index in [-0.39, 0.29) is 37.8 Å². The molecule has 0 saturated carbocycles. The van der Waals surface area contributed by atoms with Crippen LogP contribution < -0.4 is 31.3 Å². The first kappa shape index (κ1) is 49.0. The Kier molecular flexibility index (Phi) is 20.2. The van der Waals surface area contributed by atoms with Gasteiger partial charge in [-0.15, -0.1) is 0 Å². The van der Waals surface area contributed by atoms with E-state index >= 15 is 0 Å². The zero-order valence-electron chi connectivity index (χ0n) is 35.4. The van der Waals surface area contributed by atoms with Gasteiger partial charge in [0.05, 0.1) is 31.5 Å². The molecule has 322 valence electrons. The third-order valence-electron chi connectivity index (χ3n) is 9.64. The third kappa shape index (κ3) is 17.5. The topological polar surface area (TPSA) is 221 Å². The van der Waals surface area contributed by atoms with Gasteiger partial charge in [-0.25, -0.2) is 9.59 Å². The number of aliphatic hydroxyl groups excluding tert-OH is 1. The van der Waals surface area contributed by atoms with E-state index in [4.69, 9.17) is 9.47 Å². The molecule has 2 aromatic rings. The molecule has 0 spiro atoms. The molecule has 0 fully saturated rings. The molecule has 0 saturated heterocycles. The average molecular weight is 812 g/mol. The lowest BCUT2D eigenvalue weighted by Crippen LogP contribution is -2.57. The molecule has 0 aliphatic rings. The number of carbonyl (C=O) groups is 6. The van der Waals surface area contributed by atoms with Crippen LogP contribution in [0.2, 0.25) is 0 Å². The number of aliphatic carboxylic acids is 1.